The molecule has 2 saturated heterocycles. The second-order valence-electron chi connectivity index (χ2n) is 9.18. The Labute approximate surface area is 232 Å². The summed E-state index contributed by atoms with van der Waals surface area (Å²) in [7, 11) is -2.20. The summed E-state index contributed by atoms with van der Waals surface area (Å²) in [4.78, 5) is 14.7. The minimum Gasteiger partial charge on any atom is -0.497 e. The molecule has 196 valence electrons. The van der Waals surface area contributed by atoms with E-state index in [0.717, 1.165) is 22.4 Å². The Balaban J connectivity index is 1.43. The largest absolute Gasteiger partial charge is 0.497 e. The topological polar surface area (TPSA) is 102 Å². The van der Waals surface area contributed by atoms with Gasteiger partial charge in [0.15, 0.2) is 9.84 Å². The third-order valence-electron chi connectivity index (χ3n) is 6.68. The second kappa shape index (κ2) is 10.9. The number of thioether (sulfide) groups is 1. The van der Waals surface area contributed by atoms with Crippen LogP contribution in [0.5, 0.6) is 5.75 Å². The Morgan fingerprint density at radius 1 is 1.08 bits per heavy atom. The molecule has 2 fully saturated rings. The summed E-state index contributed by atoms with van der Waals surface area (Å²) >= 11 is 6.30. The molecular weight excluding hydrogens is 539 g/mol. The molecule has 3 aromatic rings. The van der Waals surface area contributed by atoms with Gasteiger partial charge in [0.2, 0.25) is 0 Å². The lowest BCUT2D eigenvalue weighted by atomic mass is 10.0. The van der Waals surface area contributed by atoms with E-state index >= 15 is 0 Å². The molecule has 7 nitrogen and oxygen atoms in total. The number of thiocarbonyl (C=S) groups is 1. The van der Waals surface area contributed by atoms with Crippen molar-refractivity contribution in [3.63, 3.8) is 0 Å². The van der Waals surface area contributed by atoms with Gasteiger partial charge >= 0.3 is 0 Å². The Kier molecular flexibility index (Phi) is 7.58. The van der Waals surface area contributed by atoms with Gasteiger partial charge in [-0.25, -0.2) is 8.42 Å². The minimum atomic E-state index is -3.71. The Hall–Kier alpha value is -3.18. The number of carbonyl (C=O) groups is 1. The van der Waals surface area contributed by atoms with Crippen molar-refractivity contribution in [2.45, 2.75) is 29.2 Å². The maximum atomic E-state index is 13.8. The molecule has 0 spiro atoms. The number of ether oxygens (including phenoxy) is 1. The highest BCUT2D eigenvalue weighted by Crippen LogP contribution is 2.34. The van der Waals surface area contributed by atoms with Crippen LogP contribution in [-0.2, 0) is 14.6 Å². The molecule has 2 aliphatic rings. The summed E-state index contributed by atoms with van der Waals surface area (Å²) in [5, 5.41) is 1.83. The molecule has 3 N–H and O–H groups in total. The van der Waals surface area contributed by atoms with Gasteiger partial charge in [-0.2, -0.15) is 0 Å². The van der Waals surface area contributed by atoms with Crippen molar-refractivity contribution < 1.29 is 17.9 Å². The van der Waals surface area contributed by atoms with Gasteiger partial charge in [0.25, 0.3) is 5.91 Å². The molecule has 2 atom stereocenters. The van der Waals surface area contributed by atoms with E-state index in [4.69, 9.17) is 22.7 Å². The number of nitrogens with one attached hydrogen (secondary N) is 1. The SMILES string of the molecule is COc1cccc(S(=O)(=O)C2CC(N)CCN2c2cccc(-c3ccc(/C=C4\SC(=S)NC4=O)cc3)c2)c1. The molecule has 0 radical (unpaired) electrons. The second-order valence-corrected chi connectivity index (χ2v) is 13.0. The summed E-state index contributed by atoms with van der Waals surface area (Å²) in [5.41, 5.74) is 9.91. The van der Waals surface area contributed by atoms with Crippen LogP contribution in [0.3, 0.4) is 0 Å². The van der Waals surface area contributed by atoms with Crippen molar-refractivity contribution >= 4 is 55.8 Å². The van der Waals surface area contributed by atoms with Crippen LogP contribution in [0.2, 0.25) is 0 Å². The number of rotatable bonds is 6. The van der Waals surface area contributed by atoms with E-state index in [2.05, 4.69) is 5.32 Å². The number of anilines is 1. The molecule has 38 heavy (non-hydrogen) atoms. The molecule has 0 bridgehead atoms. The molecule has 2 unspecified atom stereocenters. The Morgan fingerprint density at radius 3 is 2.55 bits per heavy atom. The fourth-order valence-corrected chi connectivity index (χ4v) is 7.66. The first-order chi connectivity index (χ1) is 18.2. The van der Waals surface area contributed by atoms with Crippen molar-refractivity contribution in [3.05, 3.63) is 83.3 Å². The van der Waals surface area contributed by atoms with E-state index in [0.29, 0.717) is 34.4 Å². The van der Waals surface area contributed by atoms with Crippen LogP contribution in [0, 0.1) is 0 Å². The average molecular weight is 566 g/mol. The van der Waals surface area contributed by atoms with Gasteiger partial charge in [0.1, 0.15) is 15.4 Å². The van der Waals surface area contributed by atoms with Gasteiger partial charge in [-0.3, -0.25) is 4.79 Å². The normalized spacial score (nSPS) is 21.0. The van der Waals surface area contributed by atoms with Gasteiger partial charge in [-0.15, -0.1) is 0 Å². The zero-order valence-corrected chi connectivity index (χ0v) is 23.1. The van der Waals surface area contributed by atoms with Crippen molar-refractivity contribution in [1.82, 2.24) is 5.32 Å². The highest BCUT2D eigenvalue weighted by atomic mass is 32.2. The van der Waals surface area contributed by atoms with Gasteiger partial charge in [0.05, 0.1) is 16.9 Å². The zero-order chi connectivity index (χ0) is 26.9. The van der Waals surface area contributed by atoms with Crippen LogP contribution in [0.15, 0.2) is 82.6 Å². The number of methoxy groups -OCH3 is 1. The number of nitrogens with zero attached hydrogens (tertiary/aromatic N) is 1. The van der Waals surface area contributed by atoms with E-state index in [1.807, 2.05) is 59.5 Å². The van der Waals surface area contributed by atoms with E-state index in [-0.39, 0.29) is 16.8 Å². The average Bonchev–Trinajstić information content (AvgIpc) is 3.25. The molecule has 5 rings (SSSR count). The summed E-state index contributed by atoms with van der Waals surface area (Å²) in [5.74, 6) is 0.310. The smallest absolute Gasteiger partial charge is 0.263 e. The summed E-state index contributed by atoms with van der Waals surface area (Å²) in [6.07, 6.45) is 2.85. The number of piperidine rings is 1. The Bertz CT molecular complexity index is 1520. The predicted molar refractivity (Wildman–Crippen MR) is 157 cm³/mol. The quantitative estimate of drug-likeness (QED) is 0.331. The first-order valence-electron chi connectivity index (χ1n) is 12.1. The van der Waals surface area contributed by atoms with Gasteiger partial charge in [-0.1, -0.05) is 66.4 Å². The molecule has 2 heterocycles. The lowest BCUT2D eigenvalue weighted by molar-refractivity contribution is -0.115. The number of carbonyl (C=O) groups excluding carboxylic acids is 1. The molecule has 1 amide bonds. The molecule has 3 aromatic carbocycles. The van der Waals surface area contributed by atoms with Crippen LogP contribution < -0.4 is 20.7 Å². The maximum Gasteiger partial charge on any atom is 0.263 e. The predicted octanol–water partition coefficient (Wildman–Crippen LogP) is 4.58. The van der Waals surface area contributed by atoms with Crippen molar-refractivity contribution in [1.29, 1.82) is 0 Å². The number of benzene rings is 3. The third-order valence-corrected chi connectivity index (χ3v) is 9.92. The monoisotopic (exact) mass is 565 g/mol. The van der Waals surface area contributed by atoms with E-state index in [9.17, 15) is 13.2 Å². The number of sulfone groups is 1. The van der Waals surface area contributed by atoms with Crippen LogP contribution in [0.25, 0.3) is 17.2 Å². The minimum absolute atomic E-state index is 0.184. The standard InChI is InChI=1S/C28H27N3O4S3/c1-35-23-6-3-7-24(17-23)38(33,34)26-16-21(29)12-13-31(26)22-5-2-4-20(15-22)19-10-8-18(9-11-19)14-25-27(32)30-28(36)37-25/h2-11,14-15,17,21,26H,12-13,16,29H2,1H3,(H,30,32,36)/b25-14-. The lowest BCUT2D eigenvalue weighted by Gasteiger charge is -2.39. The zero-order valence-electron chi connectivity index (χ0n) is 20.7. The highest BCUT2D eigenvalue weighted by molar-refractivity contribution is 8.26. The number of hydrogen-bond acceptors (Lipinski definition) is 8. The Morgan fingerprint density at radius 2 is 1.84 bits per heavy atom. The fraction of sp³-hybridized carbons (Fsp3) is 0.214. The van der Waals surface area contributed by atoms with Gasteiger partial charge < -0.3 is 20.7 Å². The van der Waals surface area contributed by atoms with Crippen LogP contribution in [0.4, 0.5) is 5.69 Å². The van der Waals surface area contributed by atoms with Crippen molar-refractivity contribution in [2.24, 2.45) is 5.73 Å². The number of nitrogens with two attached hydrogens (primary N) is 1. The molecule has 2 aliphatic heterocycles. The van der Waals surface area contributed by atoms with Crippen LogP contribution >= 0.6 is 24.0 Å². The van der Waals surface area contributed by atoms with Crippen molar-refractivity contribution in [3.8, 4) is 16.9 Å². The van der Waals surface area contributed by atoms with Gasteiger partial charge in [0, 0.05) is 18.3 Å². The van der Waals surface area contributed by atoms with E-state index < -0.39 is 15.2 Å². The molecule has 10 heteroatoms. The number of amides is 1. The highest BCUT2D eigenvalue weighted by Gasteiger charge is 2.38. The molecule has 0 aromatic heterocycles. The third kappa shape index (κ3) is 5.49. The molecular formula is C28H27N3O4S3. The summed E-state index contributed by atoms with van der Waals surface area (Å²) < 4.78 is 33.2. The van der Waals surface area contributed by atoms with Gasteiger partial charge in [-0.05, 0) is 65.9 Å². The molecule has 0 saturated carbocycles. The first kappa shape index (κ1) is 26.4. The van der Waals surface area contributed by atoms with E-state index in [1.54, 1.807) is 24.3 Å². The molecule has 0 aliphatic carbocycles. The van der Waals surface area contributed by atoms with Crippen LogP contribution in [-0.4, -0.2) is 43.7 Å². The lowest BCUT2D eigenvalue weighted by Crippen LogP contribution is -2.50. The number of hydrogen-bond donors (Lipinski definition) is 2. The summed E-state index contributed by atoms with van der Waals surface area (Å²) in [6.45, 7) is 0.534. The fourth-order valence-electron chi connectivity index (χ4n) is 4.69. The van der Waals surface area contributed by atoms with Crippen LogP contribution in [0.1, 0.15) is 18.4 Å². The summed E-state index contributed by atoms with van der Waals surface area (Å²) in [6, 6.07) is 22.1. The maximum absolute atomic E-state index is 13.8. The first-order valence-corrected chi connectivity index (χ1v) is 14.9. The van der Waals surface area contributed by atoms with E-state index in [1.165, 1.54) is 18.9 Å². The van der Waals surface area contributed by atoms with Crippen molar-refractivity contribution in [2.75, 3.05) is 18.6 Å².